The molecule has 0 saturated heterocycles. The molecule has 1 aliphatic heterocycles. The third-order valence-corrected chi connectivity index (χ3v) is 6.67. The number of benzene rings is 1. The van der Waals surface area contributed by atoms with E-state index in [1.807, 2.05) is 18.2 Å². The van der Waals surface area contributed by atoms with Gasteiger partial charge in [0.05, 0.1) is 12.1 Å². The minimum atomic E-state index is -0.401. The van der Waals surface area contributed by atoms with Crippen molar-refractivity contribution < 1.29 is 23.9 Å². The Kier molecular flexibility index (Phi) is 8.07. The molecule has 9 nitrogen and oxygen atoms in total. The molecule has 2 N–H and O–H groups in total. The molecule has 1 aliphatic carbocycles. The molecule has 0 spiro atoms. The molecule has 1 aromatic carbocycles. The second-order valence-corrected chi connectivity index (χ2v) is 9.34. The minimum absolute atomic E-state index is 0.113. The van der Waals surface area contributed by atoms with E-state index < -0.39 is 6.03 Å². The van der Waals surface area contributed by atoms with Gasteiger partial charge < -0.3 is 19.7 Å². The van der Waals surface area contributed by atoms with Crippen LogP contribution in [0.5, 0.6) is 0 Å². The first-order valence-corrected chi connectivity index (χ1v) is 12.1. The molecule has 0 unspecified atom stereocenters. The molecule has 1 saturated carbocycles. The van der Waals surface area contributed by atoms with Crippen molar-refractivity contribution >= 4 is 41.2 Å². The van der Waals surface area contributed by atoms with Gasteiger partial charge in [-0.15, -0.1) is 0 Å². The lowest BCUT2D eigenvalue weighted by Crippen LogP contribution is -2.39. The number of pyridine rings is 1. The van der Waals surface area contributed by atoms with Crippen molar-refractivity contribution in [1.82, 2.24) is 9.88 Å². The summed E-state index contributed by atoms with van der Waals surface area (Å²) in [7, 11) is 1.40. The Balaban J connectivity index is 1.25. The number of aromatic nitrogens is 1. The largest absolute Gasteiger partial charge is 0.469 e. The van der Waals surface area contributed by atoms with Crippen molar-refractivity contribution in [2.75, 3.05) is 24.3 Å². The number of anilines is 2. The van der Waals surface area contributed by atoms with Crippen LogP contribution >= 0.6 is 11.6 Å². The number of hydrogen-bond donors (Lipinski definition) is 2. The van der Waals surface area contributed by atoms with Gasteiger partial charge in [0.15, 0.2) is 0 Å². The standard InChI is InChI=1S/C25H29ClN4O5/c1-34-23(31)12-16-2-7-21(8-3-16)35-25(33)30-11-10-17-13-20(6-4-18(17)15-30)28-24(32)29-22-9-5-19(26)14-27-22/h4-6,9,13-14,16,21H,2-3,7-8,10-12,15H2,1H3,(H2,27,28,29,32)/t16-,21-. The summed E-state index contributed by atoms with van der Waals surface area (Å²) >= 11 is 5.81. The van der Waals surface area contributed by atoms with Crippen LogP contribution in [-0.2, 0) is 27.2 Å². The monoisotopic (exact) mass is 500 g/mol. The van der Waals surface area contributed by atoms with Crippen molar-refractivity contribution in [3.8, 4) is 0 Å². The predicted octanol–water partition coefficient (Wildman–Crippen LogP) is 5.00. The van der Waals surface area contributed by atoms with Crippen LogP contribution in [0.25, 0.3) is 0 Å². The molecule has 0 atom stereocenters. The van der Waals surface area contributed by atoms with Crippen LogP contribution in [0.15, 0.2) is 36.5 Å². The predicted molar refractivity (Wildman–Crippen MR) is 131 cm³/mol. The number of urea groups is 1. The smallest absolute Gasteiger partial charge is 0.410 e. The Morgan fingerprint density at radius 2 is 1.89 bits per heavy atom. The number of hydrogen-bond acceptors (Lipinski definition) is 6. The molecule has 35 heavy (non-hydrogen) atoms. The SMILES string of the molecule is COC(=O)C[C@H]1CC[C@H](OC(=O)N2CCc3cc(NC(=O)Nc4ccc(Cl)cn4)ccc3C2)CC1. The van der Waals surface area contributed by atoms with Crippen molar-refractivity contribution in [2.24, 2.45) is 5.92 Å². The van der Waals surface area contributed by atoms with Crippen LogP contribution < -0.4 is 10.6 Å². The number of nitrogens with zero attached hydrogens (tertiary/aromatic N) is 2. The molecule has 2 aromatic rings. The molecular weight excluding hydrogens is 472 g/mol. The zero-order valence-corrected chi connectivity index (χ0v) is 20.3. The third-order valence-electron chi connectivity index (χ3n) is 6.45. The summed E-state index contributed by atoms with van der Waals surface area (Å²) in [6, 6.07) is 8.53. The van der Waals surface area contributed by atoms with Gasteiger partial charge >= 0.3 is 18.1 Å². The second-order valence-electron chi connectivity index (χ2n) is 8.90. The van der Waals surface area contributed by atoms with Crippen molar-refractivity contribution in [3.05, 3.63) is 52.7 Å². The van der Waals surface area contributed by atoms with Gasteiger partial charge in [0, 0.05) is 31.4 Å². The number of fused-ring (bicyclic) bond motifs is 1. The highest BCUT2D eigenvalue weighted by atomic mass is 35.5. The van der Waals surface area contributed by atoms with Gasteiger partial charge in [-0.25, -0.2) is 14.6 Å². The lowest BCUT2D eigenvalue weighted by Gasteiger charge is -2.32. The lowest BCUT2D eigenvalue weighted by molar-refractivity contribution is -0.142. The minimum Gasteiger partial charge on any atom is -0.469 e. The van der Waals surface area contributed by atoms with Crippen LogP contribution in [0.4, 0.5) is 21.1 Å². The molecule has 4 rings (SSSR count). The number of rotatable bonds is 5. The lowest BCUT2D eigenvalue weighted by atomic mass is 9.85. The number of ether oxygens (including phenoxy) is 2. The highest BCUT2D eigenvalue weighted by Crippen LogP contribution is 2.30. The maximum Gasteiger partial charge on any atom is 0.410 e. The van der Waals surface area contributed by atoms with Gasteiger partial charge in [-0.3, -0.25) is 10.1 Å². The van der Waals surface area contributed by atoms with E-state index in [-0.39, 0.29) is 18.2 Å². The molecule has 1 aromatic heterocycles. The van der Waals surface area contributed by atoms with E-state index in [1.54, 1.807) is 17.0 Å². The summed E-state index contributed by atoms with van der Waals surface area (Å²) in [6.45, 7) is 1.01. The third kappa shape index (κ3) is 6.85. The van der Waals surface area contributed by atoms with E-state index in [0.717, 1.165) is 36.8 Å². The van der Waals surface area contributed by atoms with E-state index in [0.29, 0.717) is 48.4 Å². The number of methoxy groups -OCH3 is 1. The molecule has 3 amide bonds. The average Bonchev–Trinajstić information content (AvgIpc) is 2.86. The quantitative estimate of drug-likeness (QED) is 0.559. The highest BCUT2D eigenvalue weighted by molar-refractivity contribution is 6.30. The fourth-order valence-electron chi connectivity index (χ4n) is 4.50. The van der Waals surface area contributed by atoms with E-state index in [4.69, 9.17) is 21.1 Å². The second kappa shape index (κ2) is 11.4. The van der Waals surface area contributed by atoms with E-state index in [2.05, 4.69) is 15.6 Å². The number of carbonyl (C=O) groups excluding carboxylic acids is 3. The van der Waals surface area contributed by atoms with Crippen molar-refractivity contribution in [1.29, 1.82) is 0 Å². The summed E-state index contributed by atoms with van der Waals surface area (Å²) < 4.78 is 10.5. The van der Waals surface area contributed by atoms with Gasteiger partial charge in [-0.05, 0) is 73.4 Å². The first kappa shape index (κ1) is 24.8. The zero-order valence-electron chi connectivity index (χ0n) is 19.6. The maximum absolute atomic E-state index is 12.7. The van der Waals surface area contributed by atoms with Crippen LogP contribution in [0.1, 0.15) is 43.2 Å². The van der Waals surface area contributed by atoms with E-state index in [1.165, 1.54) is 13.3 Å². The fourth-order valence-corrected chi connectivity index (χ4v) is 4.62. The normalized spacial score (nSPS) is 19.3. The summed E-state index contributed by atoms with van der Waals surface area (Å²) in [5, 5.41) is 5.96. The summed E-state index contributed by atoms with van der Waals surface area (Å²) in [5.74, 6) is 0.512. The van der Waals surface area contributed by atoms with Crippen LogP contribution in [0.3, 0.4) is 0 Å². The van der Waals surface area contributed by atoms with Gasteiger partial charge in [-0.1, -0.05) is 17.7 Å². The van der Waals surface area contributed by atoms with Gasteiger partial charge in [0.1, 0.15) is 11.9 Å². The van der Waals surface area contributed by atoms with E-state index >= 15 is 0 Å². The Bertz CT molecular complexity index is 1070. The maximum atomic E-state index is 12.7. The van der Waals surface area contributed by atoms with Gasteiger partial charge in [-0.2, -0.15) is 0 Å². The topological polar surface area (TPSA) is 110 Å². The number of esters is 1. The Hall–Kier alpha value is -3.33. The summed E-state index contributed by atoms with van der Waals surface area (Å²) in [5.41, 5.74) is 2.77. The zero-order chi connectivity index (χ0) is 24.8. The Morgan fingerprint density at radius 1 is 1.09 bits per heavy atom. The number of halogens is 1. The number of amides is 3. The Morgan fingerprint density at radius 3 is 2.60 bits per heavy atom. The first-order chi connectivity index (χ1) is 16.9. The molecule has 10 heteroatoms. The average molecular weight is 501 g/mol. The summed E-state index contributed by atoms with van der Waals surface area (Å²) in [6.07, 6.45) is 5.38. The molecule has 2 heterocycles. The molecule has 186 valence electrons. The Labute approximate surface area is 209 Å². The fraction of sp³-hybridized carbons (Fsp3) is 0.440. The van der Waals surface area contributed by atoms with Crippen molar-refractivity contribution in [3.63, 3.8) is 0 Å². The molecule has 2 aliphatic rings. The molecule has 0 radical (unpaired) electrons. The molecule has 0 bridgehead atoms. The van der Waals surface area contributed by atoms with Gasteiger partial charge in [0.2, 0.25) is 0 Å². The van der Waals surface area contributed by atoms with Gasteiger partial charge in [0.25, 0.3) is 0 Å². The molecule has 1 fully saturated rings. The summed E-state index contributed by atoms with van der Waals surface area (Å²) in [4.78, 5) is 42.2. The number of carbonyl (C=O) groups is 3. The highest BCUT2D eigenvalue weighted by Gasteiger charge is 2.29. The molecular formula is C25H29ClN4O5. The van der Waals surface area contributed by atoms with Crippen LogP contribution in [0.2, 0.25) is 5.02 Å². The van der Waals surface area contributed by atoms with Crippen LogP contribution in [0, 0.1) is 5.92 Å². The van der Waals surface area contributed by atoms with Crippen LogP contribution in [-0.4, -0.2) is 47.7 Å². The van der Waals surface area contributed by atoms with E-state index in [9.17, 15) is 14.4 Å². The van der Waals surface area contributed by atoms with Crippen molar-refractivity contribution in [2.45, 2.75) is 51.2 Å². The number of nitrogens with one attached hydrogen (secondary N) is 2. The first-order valence-electron chi connectivity index (χ1n) is 11.7.